The smallest absolute Gasteiger partial charge is 0.157 e. The second-order valence-corrected chi connectivity index (χ2v) is 9.05. The third kappa shape index (κ3) is 14.1. The number of nitrogens with zero attached hydrogens (tertiary/aromatic N) is 2. The molecule has 0 bridgehead atoms. The highest BCUT2D eigenvalue weighted by Crippen LogP contribution is 2.16. The van der Waals surface area contributed by atoms with Gasteiger partial charge >= 0.3 is 0 Å². The molecule has 0 spiro atoms. The standard InChI is InChI=1S/C16H23N3S.C8H16O3/c1-4-8-14(2)13-17-11-12-20-16-18-10-7-5-6-9-15(3)19-16;1-8(2)6-10-4-7(3-9)5-11-8/h4-9,11,13,15H,10,12H2,1-3H3,(H,18,19);7,9H,3-6H2,1-2H3/b7-5-,8-4+,9-6-,14-13-,17-11?;. The molecule has 7 heteroatoms. The Balaban J connectivity index is 0.000000367. The Morgan fingerprint density at radius 2 is 2.19 bits per heavy atom. The maximum atomic E-state index is 8.83. The fourth-order valence-electron chi connectivity index (χ4n) is 2.53. The van der Waals surface area contributed by atoms with E-state index in [2.05, 4.69) is 34.4 Å². The molecule has 0 aromatic heterocycles. The summed E-state index contributed by atoms with van der Waals surface area (Å²) in [4.78, 5) is 8.79. The number of allylic oxidation sites excluding steroid dienone is 5. The Morgan fingerprint density at radius 1 is 1.39 bits per heavy atom. The van der Waals surface area contributed by atoms with Crippen LogP contribution in [0.1, 0.15) is 34.6 Å². The highest BCUT2D eigenvalue weighted by atomic mass is 32.2. The van der Waals surface area contributed by atoms with Crippen LogP contribution in [0.4, 0.5) is 0 Å². The van der Waals surface area contributed by atoms with Crippen molar-refractivity contribution in [3.05, 3.63) is 48.2 Å². The van der Waals surface area contributed by atoms with Crippen molar-refractivity contribution < 1.29 is 14.6 Å². The zero-order chi connectivity index (χ0) is 23.0. The van der Waals surface area contributed by atoms with Crippen LogP contribution in [0, 0.1) is 5.92 Å². The van der Waals surface area contributed by atoms with Crippen molar-refractivity contribution in [3.63, 3.8) is 0 Å². The van der Waals surface area contributed by atoms with Crippen LogP contribution in [0.2, 0.25) is 0 Å². The molecule has 0 radical (unpaired) electrons. The first-order valence-corrected chi connectivity index (χ1v) is 11.8. The molecular formula is C24H39N3O3S. The Labute approximate surface area is 192 Å². The second kappa shape index (κ2) is 16.0. The molecule has 2 atom stereocenters. The van der Waals surface area contributed by atoms with Crippen molar-refractivity contribution in [2.75, 3.05) is 38.7 Å². The topological polar surface area (TPSA) is 75.4 Å². The molecule has 0 amide bonds. The Morgan fingerprint density at radius 3 is 2.94 bits per heavy atom. The third-order valence-electron chi connectivity index (χ3n) is 4.22. The summed E-state index contributed by atoms with van der Waals surface area (Å²) in [6, 6.07) is 0.290. The molecule has 2 N–H and O–H groups in total. The van der Waals surface area contributed by atoms with E-state index in [0.29, 0.717) is 26.4 Å². The highest BCUT2D eigenvalue weighted by Gasteiger charge is 2.25. The first-order valence-electron chi connectivity index (χ1n) is 10.8. The zero-order valence-electron chi connectivity index (χ0n) is 19.6. The average molecular weight is 450 g/mol. The molecule has 0 aromatic carbocycles. The van der Waals surface area contributed by atoms with Gasteiger partial charge in [-0.3, -0.25) is 9.98 Å². The number of hydrogen-bond acceptors (Lipinski definition) is 7. The van der Waals surface area contributed by atoms with Gasteiger partial charge in [0.05, 0.1) is 38.6 Å². The van der Waals surface area contributed by atoms with Crippen LogP contribution in [0.3, 0.4) is 0 Å². The van der Waals surface area contributed by atoms with E-state index in [0.717, 1.165) is 16.5 Å². The molecule has 1 saturated heterocycles. The Bertz CT molecular complexity index is 682. The van der Waals surface area contributed by atoms with Crippen LogP contribution in [-0.2, 0) is 9.47 Å². The molecule has 2 heterocycles. The molecule has 0 aromatic rings. The van der Waals surface area contributed by atoms with Crippen LogP contribution in [0.25, 0.3) is 0 Å². The Hall–Kier alpha value is -1.67. The van der Waals surface area contributed by atoms with E-state index in [1.807, 2.05) is 64.4 Å². The van der Waals surface area contributed by atoms with Gasteiger partial charge in [0.15, 0.2) is 5.17 Å². The average Bonchev–Trinajstić information content (AvgIpc) is 2.82. The van der Waals surface area contributed by atoms with E-state index in [4.69, 9.17) is 14.6 Å². The monoisotopic (exact) mass is 449 g/mol. The van der Waals surface area contributed by atoms with E-state index in [-0.39, 0.29) is 24.2 Å². The largest absolute Gasteiger partial charge is 0.396 e. The molecule has 2 aliphatic rings. The number of aliphatic hydroxyl groups is 1. The highest BCUT2D eigenvalue weighted by molar-refractivity contribution is 8.14. The van der Waals surface area contributed by atoms with Gasteiger partial charge in [-0.15, -0.1) is 0 Å². The minimum absolute atomic E-state index is 0.149. The van der Waals surface area contributed by atoms with Crippen molar-refractivity contribution in [1.82, 2.24) is 5.32 Å². The lowest BCUT2D eigenvalue weighted by atomic mass is 10.1. The first kappa shape index (κ1) is 27.4. The molecule has 31 heavy (non-hydrogen) atoms. The summed E-state index contributed by atoms with van der Waals surface area (Å²) in [6.07, 6.45) is 16.1. The summed E-state index contributed by atoms with van der Waals surface area (Å²) >= 11 is 1.67. The number of rotatable bonds is 5. The van der Waals surface area contributed by atoms with Crippen LogP contribution < -0.4 is 5.32 Å². The summed E-state index contributed by atoms with van der Waals surface area (Å²) in [5.74, 6) is 0.961. The minimum Gasteiger partial charge on any atom is -0.396 e. The fourth-order valence-corrected chi connectivity index (χ4v) is 3.28. The van der Waals surface area contributed by atoms with Gasteiger partial charge in [-0.25, -0.2) is 0 Å². The van der Waals surface area contributed by atoms with E-state index < -0.39 is 0 Å². The van der Waals surface area contributed by atoms with Gasteiger partial charge in [-0.2, -0.15) is 0 Å². The maximum Gasteiger partial charge on any atom is 0.157 e. The molecule has 2 rings (SSSR count). The molecule has 0 aliphatic carbocycles. The van der Waals surface area contributed by atoms with Gasteiger partial charge in [-0.1, -0.05) is 48.2 Å². The number of aliphatic hydroxyl groups excluding tert-OH is 1. The number of thioether (sulfide) groups is 1. The van der Waals surface area contributed by atoms with Crippen molar-refractivity contribution >= 4 is 23.1 Å². The van der Waals surface area contributed by atoms with Gasteiger partial charge < -0.3 is 19.9 Å². The first-order chi connectivity index (χ1) is 14.9. The quantitative estimate of drug-likeness (QED) is 0.487. The fraction of sp³-hybridized carbons (Fsp3) is 0.583. The van der Waals surface area contributed by atoms with Crippen LogP contribution >= 0.6 is 11.8 Å². The van der Waals surface area contributed by atoms with Crippen molar-refractivity contribution in [3.8, 4) is 0 Å². The lowest BCUT2D eigenvalue weighted by Gasteiger charge is -2.21. The number of aliphatic imine (C=N–C) groups is 2. The molecule has 174 valence electrons. The number of nitrogens with one attached hydrogen (secondary N) is 1. The molecular weight excluding hydrogens is 410 g/mol. The molecule has 2 aliphatic heterocycles. The van der Waals surface area contributed by atoms with Crippen LogP contribution in [0.15, 0.2) is 58.2 Å². The van der Waals surface area contributed by atoms with E-state index >= 15 is 0 Å². The van der Waals surface area contributed by atoms with Crippen LogP contribution in [0.5, 0.6) is 0 Å². The number of ether oxygens (including phenoxy) is 2. The lowest BCUT2D eigenvalue weighted by Crippen LogP contribution is -2.29. The third-order valence-corrected chi connectivity index (χ3v) is 5.05. The summed E-state index contributed by atoms with van der Waals surface area (Å²) in [5.41, 5.74) is 0.958. The van der Waals surface area contributed by atoms with Crippen LogP contribution in [-0.4, -0.2) is 66.9 Å². The van der Waals surface area contributed by atoms with Gasteiger partial charge in [0.2, 0.25) is 0 Å². The molecule has 6 nitrogen and oxygen atoms in total. The second-order valence-electron chi connectivity index (χ2n) is 8.04. The zero-order valence-corrected chi connectivity index (χ0v) is 20.4. The summed E-state index contributed by atoms with van der Waals surface area (Å²) in [7, 11) is 0. The maximum absolute atomic E-state index is 8.83. The Kier molecular flexibility index (Phi) is 14.2. The predicted molar refractivity (Wildman–Crippen MR) is 134 cm³/mol. The van der Waals surface area contributed by atoms with Gasteiger partial charge in [0.1, 0.15) is 0 Å². The van der Waals surface area contributed by atoms with Crippen molar-refractivity contribution in [1.29, 1.82) is 0 Å². The number of hydrogen-bond donors (Lipinski definition) is 2. The van der Waals surface area contributed by atoms with Gasteiger partial charge in [-0.05, 0) is 40.2 Å². The molecule has 2 unspecified atom stereocenters. The van der Waals surface area contributed by atoms with Crippen molar-refractivity contribution in [2.24, 2.45) is 15.9 Å². The summed E-state index contributed by atoms with van der Waals surface area (Å²) in [6.45, 7) is 12.8. The molecule has 0 saturated carbocycles. The van der Waals surface area contributed by atoms with Gasteiger partial charge in [0.25, 0.3) is 0 Å². The minimum atomic E-state index is -0.191. The van der Waals surface area contributed by atoms with E-state index in [9.17, 15) is 0 Å². The number of amidine groups is 1. The normalized spacial score (nSPS) is 26.5. The SMILES string of the molecule is C/C=C/C(C)=C\N=CCSC1=NC/C=C\C=C/C(C)N1.CC1(C)COCC(CO)CO1. The predicted octanol–water partition coefficient (Wildman–Crippen LogP) is 4.15. The van der Waals surface area contributed by atoms with E-state index in [1.54, 1.807) is 11.8 Å². The summed E-state index contributed by atoms with van der Waals surface area (Å²) in [5, 5.41) is 13.2. The summed E-state index contributed by atoms with van der Waals surface area (Å²) < 4.78 is 10.8. The molecule has 1 fully saturated rings. The van der Waals surface area contributed by atoms with E-state index in [1.165, 1.54) is 0 Å². The van der Waals surface area contributed by atoms with Crippen molar-refractivity contribution in [2.45, 2.75) is 46.3 Å². The van der Waals surface area contributed by atoms with Gasteiger partial charge in [0, 0.05) is 30.1 Å². The lowest BCUT2D eigenvalue weighted by molar-refractivity contribution is -0.0447.